The van der Waals surface area contributed by atoms with Crippen LogP contribution in [-0.2, 0) is 11.3 Å². The number of anilines is 2. The van der Waals surface area contributed by atoms with Crippen molar-refractivity contribution in [3.05, 3.63) is 57.5 Å². The molecule has 1 aromatic carbocycles. The Morgan fingerprint density at radius 3 is 2.75 bits per heavy atom. The van der Waals surface area contributed by atoms with Crippen molar-refractivity contribution in [2.75, 3.05) is 11.1 Å². The van der Waals surface area contributed by atoms with Crippen LogP contribution in [0, 0.1) is 6.92 Å². The van der Waals surface area contributed by atoms with Crippen molar-refractivity contribution >= 4 is 28.9 Å². The molecule has 0 fully saturated rings. The van der Waals surface area contributed by atoms with E-state index in [-0.39, 0.29) is 18.0 Å². The summed E-state index contributed by atoms with van der Waals surface area (Å²) in [6, 6.07) is 8.05. The zero-order chi connectivity index (χ0) is 14.7. The highest BCUT2D eigenvalue weighted by atomic mass is 35.5. The smallest absolute Gasteiger partial charge is 0.251 e. The molecule has 0 aliphatic heterocycles. The van der Waals surface area contributed by atoms with Crippen LogP contribution in [0.4, 0.5) is 11.4 Å². The number of benzene rings is 1. The van der Waals surface area contributed by atoms with Gasteiger partial charge in [-0.15, -0.1) is 0 Å². The van der Waals surface area contributed by atoms with Crippen molar-refractivity contribution in [1.29, 1.82) is 0 Å². The van der Waals surface area contributed by atoms with Crippen molar-refractivity contribution in [2.24, 2.45) is 0 Å². The van der Waals surface area contributed by atoms with E-state index in [2.05, 4.69) is 5.32 Å². The van der Waals surface area contributed by atoms with Gasteiger partial charge in [0.15, 0.2) is 0 Å². The number of nitrogens with zero attached hydrogens (tertiary/aromatic N) is 1. The SMILES string of the molecule is Cc1ccn(CC(=O)Nc2ccc(N)cc2Cl)c(=O)c1. The molecule has 0 spiro atoms. The van der Waals surface area contributed by atoms with Gasteiger partial charge in [-0.1, -0.05) is 11.6 Å². The predicted molar refractivity (Wildman–Crippen MR) is 79.9 cm³/mol. The molecule has 0 atom stereocenters. The van der Waals surface area contributed by atoms with Gasteiger partial charge in [0.2, 0.25) is 5.91 Å². The Balaban J connectivity index is 2.11. The Morgan fingerprint density at radius 2 is 2.10 bits per heavy atom. The van der Waals surface area contributed by atoms with Crippen molar-refractivity contribution in [3.8, 4) is 0 Å². The molecule has 5 nitrogen and oxygen atoms in total. The fraction of sp³-hybridized carbons (Fsp3) is 0.143. The molecule has 0 saturated heterocycles. The normalized spacial score (nSPS) is 10.3. The van der Waals surface area contributed by atoms with Crippen LogP contribution >= 0.6 is 11.6 Å². The van der Waals surface area contributed by atoms with Gasteiger partial charge in [0.1, 0.15) is 6.54 Å². The second kappa shape index (κ2) is 5.79. The number of carbonyl (C=O) groups is 1. The van der Waals surface area contributed by atoms with Gasteiger partial charge in [0.25, 0.3) is 5.56 Å². The van der Waals surface area contributed by atoms with Crippen LogP contribution in [0.25, 0.3) is 0 Å². The van der Waals surface area contributed by atoms with E-state index >= 15 is 0 Å². The number of aryl methyl sites for hydroxylation is 1. The molecule has 3 N–H and O–H groups in total. The number of rotatable bonds is 3. The monoisotopic (exact) mass is 291 g/mol. The van der Waals surface area contributed by atoms with Gasteiger partial charge in [-0.3, -0.25) is 9.59 Å². The molecule has 0 unspecified atom stereocenters. The van der Waals surface area contributed by atoms with Gasteiger partial charge in [-0.25, -0.2) is 0 Å². The first kappa shape index (κ1) is 14.1. The minimum atomic E-state index is -0.331. The maximum atomic E-state index is 11.9. The predicted octanol–water partition coefficient (Wildman–Crippen LogP) is 2.03. The van der Waals surface area contributed by atoms with E-state index in [4.69, 9.17) is 17.3 Å². The average molecular weight is 292 g/mol. The summed E-state index contributed by atoms with van der Waals surface area (Å²) in [5.74, 6) is -0.331. The van der Waals surface area contributed by atoms with Gasteiger partial charge in [0, 0.05) is 18.0 Å². The van der Waals surface area contributed by atoms with Crippen molar-refractivity contribution in [2.45, 2.75) is 13.5 Å². The summed E-state index contributed by atoms with van der Waals surface area (Å²) < 4.78 is 1.33. The number of carbonyl (C=O) groups excluding carboxylic acids is 1. The fourth-order valence-corrected chi connectivity index (χ4v) is 1.95. The number of pyridine rings is 1. The van der Waals surface area contributed by atoms with Gasteiger partial charge < -0.3 is 15.6 Å². The summed E-state index contributed by atoms with van der Waals surface area (Å²) in [5.41, 5.74) is 7.19. The minimum absolute atomic E-state index is 0.0696. The third kappa shape index (κ3) is 3.39. The third-order valence-electron chi connectivity index (χ3n) is 2.73. The standard InChI is InChI=1S/C14H14ClN3O2/c1-9-4-5-18(14(20)6-9)8-13(19)17-12-3-2-10(16)7-11(12)15/h2-7H,8,16H2,1H3,(H,17,19). The molecule has 0 saturated carbocycles. The van der Waals surface area contributed by atoms with E-state index < -0.39 is 0 Å². The molecule has 0 aliphatic rings. The molecule has 1 aromatic heterocycles. The molecular formula is C14H14ClN3O2. The second-order valence-corrected chi connectivity index (χ2v) is 4.86. The van der Waals surface area contributed by atoms with E-state index in [0.29, 0.717) is 16.4 Å². The first-order valence-corrected chi connectivity index (χ1v) is 6.35. The summed E-state index contributed by atoms with van der Waals surface area (Å²) in [4.78, 5) is 23.6. The quantitative estimate of drug-likeness (QED) is 0.850. The summed E-state index contributed by atoms with van der Waals surface area (Å²) in [5, 5.41) is 3.00. The molecule has 1 heterocycles. The second-order valence-electron chi connectivity index (χ2n) is 4.46. The zero-order valence-corrected chi connectivity index (χ0v) is 11.6. The van der Waals surface area contributed by atoms with Crippen molar-refractivity contribution in [3.63, 3.8) is 0 Å². The van der Waals surface area contributed by atoms with E-state index in [9.17, 15) is 9.59 Å². The lowest BCUT2D eigenvalue weighted by atomic mass is 10.3. The number of hydrogen-bond donors (Lipinski definition) is 2. The molecule has 1 amide bonds. The highest BCUT2D eigenvalue weighted by molar-refractivity contribution is 6.34. The van der Waals surface area contributed by atoms with E-state index in [0.717, 1.165) is 5.56 Å². The highest BCUT2D eigenvalue weighted by Gasteiger charge is 2.07. The van der Waals surface area contributed by atoms with Crippen LogP contribution in [0.3, 0.4) is 0 Å². The Bertz CT molecular complexity index is 710. The lowest BCUT2D eigenvalue weighted by Crippen LogP contribution is -2.26. The van der Waals surface area contributed by atoms with Gasteiger partial charge in [-0.05, 0) is 36.8 Å². The molecule has 2 aromatic rings. The number of hydrogen-bond acceptors (Lipinski definition) is 3. The number of halogens is 1. The summed E-state index contributed by atoms with van der Waals surface area (Å²) in [6.07, 6.45) is 1.59. The van der Waals surface area contributed by atoms with Crippen LogP contribution in [0.5, 0.6) is 0 Å². The maximum absolute atomic E-state index is 11.9. The highest BCUT2D eigenvalue weighted by Crippen LogP contribution is 2.23. The van der Waals surface area contributed by atoms with E-state index in [1.807, 2.05) is 6.92 Å². The number of nitrogens with one attached hydrogen (secondary N) is 1. The van der Waals surface area contributed by atoms with Crippen LogP contribution in [0.2, 0.25) is 5.02 Å². The summed E-state index contributed by atoms with van der Waals surface area (Å²) >= 11 is 5.97. The van der Waals surface area contributed by atoms with Crippen molar-refractivity contribution < 1.29 is 4.79 Å². The molecule has 0 radical (unpaired) electrons. The van der Waals surface area contributed by atoms with E-state index in [1.54, 1.807) is 30.5 Å². The number of amides is 1. The molecule has 2 rings (SSSR count). The molecule has 0 bridgehead atoms. The number of nitrogen functional groups attached to an aromatic ring is 1. The van der Waals surface area contributed by atoms with Crippen LogP contribution in [0.15, 0.2) is 41.3 Å². The topological polar surface area (TPSA) is 77.1 Å². The number of nitrogens with two attached hydrogens (primary N) is 1. The maximum Gasteiger partial charge on any atom is 0.251 e. The number of aromatic nitrogens is 1. The largest absolute Gasteiger partial charge is 0.399 e. The molecular weight excluding hydrogens is 278 g/mol. The lowest BCUT2D eigenvalue weighted by molar-refractivity contribution is -0.116. The zero-order valence-electron chi connectivity index (χ0n) is 10.9. The molecule has 0 aliphatic carbocycles. The Labute approximate surface area is 121 Å². The van der Waals surface area contributed by atoms with Gasteiger partial charge in [-0.2, -0.15) is 0 Å². The Morgan fingerprint density at radius 1 is 1.35 bits per heavy atom. The third-order valence-corrected chi connectivity index (χ3v) is 3.05. The molecule has 20 heavy (non-hydrogen) atoms. The van der Waals surface area contributed by atoms with Gasteiger partial charge in [0.05, 0.1) is 10.7 Å². The summed E-state index contributed by atoms with van der Waals surface area (Å²) in [7, 11) is 0. The first-order valence-electron chi connectivity index (χ1n) is 5.97. The summed E-state index contributed by atoms with van der Waals surface area (Å²) in [6.45, 7) is 1.75. The lowest BCUT2D eigenvalue weighted by Gasteiger charge is -2.09. The molecule has 6 heteroatoms. The average Bonchev–Trinajstić information content (AvgIpc) is 2.36. The Hall–Kier alpha value is -2.27. The first-order chi connectivity index (χ1) is 9.45. The van der Waals surface area contributed by atoms with Crippen LogP contribution in [-0.4, -0.2) is 10.5 Å². The van der Waals surface area contributed by atoms with E-state index in [1.165, 1.54) is 10.6 Å². The van der Waals surface area contributed by atoms with Crippen LogP contribution in [0.1, 0.15) is 5.56 Å². The molecule has 104 valence electrons. The van der Waals surface area contributed by atoms with Crippen molar-refractivity contribution in [1.82, 2.24) is 4.57 Å². The van der Waals surface area contributed by atoms with Gasteiger partial charge >= 0.3 is 0 Å². The van der Waals surface area contributed by atoms with Crippen LogP contribution < -0.4 is 16.6 Å². The minimum Gasteiger partial charge on any atom is -0.399 e. The Kier molecular flexibility index (Phi) is 4.10. The fourth-order valence-electron chi connectivity index (χ4n) is 1.71.